The van der Waals surface area contributed by atoms with E-state index < -0.39 is 0 Å². The molecule has 5 rings (SSSR count). The third-order valence-corrected chi connectivity index (χ3v) is 6.59. The first-order chi connectivity index (χ1) is 16.1. The van der Waals surface area contributed by atoms with Gasteiger partial charge in [0, 0.05) is 12.0 Å². The van der Waals surface area contributed by atoms with Gasteiger partial charge in [0.05, 0.1) is 22.0 Å². The lowest BCUT2D eigenvalue weighted by molar-refractivity contribution is -0.113. The van der Waals surface area contributed by atoms with Crippen molar-refractivity contribution in [3.05, 3.63) is 94.5 Å². The number of aryl methyl sites for hydroxylation is 1. The van der Waals surface area contributed by atoms with E-state index in [0.717, 1.165) is 33.0 Å². The molecule has 33 heavy (non-hydrogen) atoms. The number of hydrogen-bond acceptors (Lipinski definition) is 5. The van der Waals surface area contributed by atoms with Crippen LogP contribution in [0.3, 0.4) is 0 Å². The fourth-order valence-electron chi connectivity index (χ4n) is 3.64. The Kier molecular flexibility index (Phi) is 6.03. The Morgan fingerprint density at radius 1 is 1.06 bits per heavy atom. The monoisotopic (exact) mass is 473 g/mol. The summed E-state index contributed by atoms with van der Waals surface area (Å²) in [4.78, 5) is 22.2. The molecule has 0 aliphatic carbocycles. The molecule has 1 aromatic heterocycles. The lowest BCUT2D eigenvalue weighted by Crippen LogP contribution is -2.15. The van der Waals surface area contributed by atoms with Crippen molar-refractivity contribution in [2.75, 3.05) is 11.1 Å². The highest BCUT2D eigenvalue weighted by atomic mass is 35.5. The second-order valence-electron chi connectivity index (χ2n) is 7.71. The summed E-state index contributed by atoms with van der Waals surface area (Å²) in [7, 11) is 0. The Hall–Kier alpha value is -3.35. The molecular weight excluding hydrogens is 454 g/mol. The maximum absolute atomic E-state index is 12.6. The summed E-state index contributed by atoms with van der Waals surface area (Å²) in [6.07, 6.45) is 0.649. The minimum absolute atomic E-state index is 0.158. The molecule has 4 aromatic rings. The van der Waals surface area contributed by atoms with Crippen molar-refractivity contribution in [1.82, 2.24) is 9.97 Å². The van der Waals surface area contributed by atoms with E-state index in [1.54, 1.807) is 12.1 Å². The van der Waals surface area contributed by atoms with Crippen molar-refractivity contribution < 1.29 is 9.53 Å². The molecule has 0 atom stereocenters. The van der Waals surface area contributed by atoms with Gasteiger partial charge in [0.2, 0.25) is 11.8 Å². The minimum Gasteiger partial charge on any atom is -0.438 e. The van der Waals surface area contributed by atoms with E-state index >= 15 is 0 Å². The second-order valence-corrected chi connectivity index (χ2v) is 9.08. The number of fused-ring (bicyclic) bond motifs is 2. The molecule has 0 unspecified atom stereocenters. The van der Waals surface area contributed by atoms with Crippen molar-refractivity contribution in [3.63, 3.8) is 0 Å². The first kappa shape index (κ1) is 21.5. The molecule has 0 saturated heterocycles. The van der Waals surface area contributed by atoms with Crippen molar-refractivity contribution in [1.29, 1.82) is 0 Å². The van der Waals surface area contributed by atoms with Crippen LogP contribution in [0.15, 0.2) is 77.8 Å². The average Bonchev–Trinajstić information content (AvgIpc) is 2.83. The van der Waals surface area contributed by atoms with Crippen LogP contribution in [0.2, 0.25) is 5.02 Å². The number of hydrogen-bond donors (Lipinski definition) is 1. The van der Waals surface area contributed by atoms with Gasteiger partial charge in [-0.3, -0.25) is 4.79 Å². The van der Waals surface area contributed by atoms with Gasteiger partial charge in [-0.15, -0.1) is 0 Å². The van der Waals surface area contributed by atoms with Crippen LogP contribution < -0.4 is 10.1 Å². The molecule has 7 heteroatoms. The molecule has 2 heterocycles. The van der Waals surface area contributed by atoms with Crippen molar-refractivity contribution in [3.8, 4) is 23.0 Å². The molecule has 0 bridgehead atoms. The molecule has 1 N–H and O–H groups in total. The van der Waals surface area contributed by atoms with Crippen LogP contribution in [0.25, 0.3) is 11.4 Å². The van der Waals surface area contributed by atoms with Gasteiger partial charge in [-0.2, -0.15) is 4.98 Å². The first-order valence-electron chi connectivity index (χ1n) is 10.5. The van der Waals surface area contributed by atoms with Gasteiger partial charge in [-0.1, -0.05) is 83.5 Å². The molecule has 3 aromatic carbocycles. The maximum Gasteiger partial charge on any atom is 0.234 e. The minimum atomic E-state index is -0.158. The number of halogens is 1. The molecule has 0 saturated carbocycles. The second kappa shape index (κ2) is 9.25. The number of carbonyl (C=O) groups is 1. The smallest absolute Gasteiger partial charge is 0.234 e. The van der Waals surface area contributed by atoms with Gasteiger partial charge in [0.1, 0.15) is 10.8 Å². The highest BCUT2D eigenvalue weighted by Gasteiger charge is 2.25. The van der Waals surface area contributed by atoms with Crippen molar-refractivity contribution in [2.24, 2.45) is 0 Å². The number of rotatable bonds is 5. The number of para-hydroxylation sites is 1. The summed E-state index contributed by atoms with van der Waals surface area (Å²) < 4.78 is 6.17. The van der Waals surface area contributed by atoms with Crippen LogP contribution in [-0.4, -0.2) is 21.6 Å². The Morgan fingerprint density at radius 3 is 2.67 bits per heavy atom. The van der Waals surface area contributed by atoms with Crippen LogP contribution in [0, 0.1) is 6.92 Å². The number of benzene rings is 3. The van der Waals surface area contributed by atoms with E-state index in [2.05, 4.69) is 18.3 Å². The van der Waals surface area contributed by atoms with Crippen LogP contribution in [0.4, 0.5) is 5.69 Å². The van der Waals surface area contributed by atoms with Gasteiger partial charge in [-0.25, -0.2) is 4.98 Å². The molecule has 164 valence electrons. The van der Waals surface area contributed by atoms with Crippen LogP contribution in [-0.2, 0) is 11.2 Å². The van der Waals surface area contributed by atoms with Gasteiger partial charge in [0.15, 0.2) is 5.82 Å². The van der Waals surface area contributed by atoms with Crippen LogP contribution in [0.5, 0.6) is 11.6 Å². The van der Waals surface area contributed by atoms with Gasteiger partial charge in [-0.05, 0) is 30.7 Å². The normalized spacial score (nSPS) is 11.8. The predicted molar refractivity (Wildman–Crippen MR) is 132 cm³/mol. The summed E-state index contributed by atoms with van der Waals surface area (Å²) in [6.45, 7) is 2.06. The van der Waals surface area contributed by atoms with Gasteiger partial charge < -0.3 is 10.1 Å². The number of amides is 1. The Morgan fingerprint density at radius 2 is 1.85 bits per heavy atom. The quantitative estimate of drug-likeness (QED) is 0.232. The zero-order chi connectivity index (χ0) is 22.8. The van der Waals surface area contributed by atoms with Gasteiger partial charge >= 0.3 is 0 Å². The number of ether oxygens (including phenoxy) is 1. The molecule has 1 aliphatic heterocycles. The molecule has 1 amide bonds. The average molecular weight is 474 g/mol. The van der Waals surface area contributed by atoms with E-state index in [-0.39, 0.29) is 11.7 Å². The highest BCUT2D eigenvalue weighted by molar-refractivity contribution is 8.00. The predicted octanol–water partition coefficient (Wildman–Crippen LogP) is 6.53. The van der Waals surface area contributed by atoms with E-state index in [1.807, 2.05) is 54.6 Å². The Balaban J connectivity index is 1.45. The SMILES string of the molecule is Cc1ccc2c(c1)Cc1c(nc(-c3ccccc3)nc1SCC(=O)Nc1ccccc1Cl)O2. The summed E-state index contributed by atoms with van der Waals surface area (Å²) in [6, 6.07) is 23.0. The molecular formula is C26H20ClN3O2S. The zero-order valence-corrected chi connectivity index (χ0v) is 19.4. The lowest BCUT2D eigenvalue weighted by Gasteiger charge is -2.22. The topological polar surface area (TPSA) is 64.1 Å². The standard InChI is InChI=1S/C26H20ClN3O2S/c1-16-11-12-22-18(13-16)14-19-25(32-22)29-24(17-7-3-2-4-8-17)30-26(19)33-15-23(31)28-21-10-6-5-9-20(21)27/h2-13H,14-15H2,1H3,(H,28,31). The summed E-state index contributed by atoms with van der Waals surface area (Å²) in [5.41, 5.74) is 4.62. The fourth-order valence-corrected chi connectivity index (χ4v) is 4.65. The number of anilines is 1. The largest absolute Gasteiger partial charge is 0.438 e. The number of aromatic nitrogens is 2. The summed E-state index contributed by atoms with van der Waals surface area (Å²) in [5, 5.41) is 4.10. The number of nitrogens with zero attached hydrogens (tertiary/aromatic N) is 2. The Bertz CT molecular complexity index is 1340. The molecule has 5 nitrogen and oxygen atoms in total. The molecule has 1 aliphatic rings. The van der Waals surface area contributed by atoms with Crippen LogP contribution in [0.1, 0.15) is 16.7 Å². The van der Waals surface area contributed by atoms with E-state index in [1.165, 1.54) is 11.8 Å². The number of carbonyl (C=O) groups excluding carboxylic acids is 1. The van der Waals surface area contributed by atoms with E-state index in [9.17, 15) is 4.79 Å². The van der Waals surface area contributed by atoms with E-state index in [0.29, 0.717) is 28.8 Å². The first-order valence-corrected chi connectivity index (χ1v) is 11.8. The molecule has 0 spiro atoms. The maximum atomic E-state index is 12.6. The third kappa shape index (κ3) is 4.72. The summed E-state index contributed by atoms with van der Waals surface area (Å²) >= 11 is 7.54. The Labute approximate surface area is 201 Å². The lowest BCUT2D eigenvalue weighted by atomic mass is 10.0. The summed E-state index contributed by atoms with van der Waals surface area (Å²) in [5.74, 6) is 1.94. The van der Waals surface area contributed by atoms with Gasteiger partial charge in [0.25, 0.3) is 0 Å². The number of nitrogens with one attached hydrogen (secondary N) is 1. The zero-order valence-electron chi connectivity index (χ0n) is 17.8. The highest BCUT2D eigenvalue weighted by Crippen LogP contribution is 2.40. The molecule has 0 radical (unpaired) electrons. The van der Waals surface area contributed by atoms with Crippen LogP contribution >= 0.6 is 23.4 Å². The van der Waals surface area contributed by atoms with Crippen molar-refractivity contribution in [2.45, 2.75) is 18.4 Å². The molecule has 0 fully saturated rings. The fraction of sp³-hybridized carbons (Fsp3) is 0.115. The number of thioether (sulfide) groups is 1. The third-order valence-electron chi connectivity index (χ3n) is 5.24. The van der Waals surface area contributed by atoms with Crippen molar-refractivity contribution >= 4 is 35.0 Å². The van der Waals surface area contributed by atoms with E-state index in [4.69, 9.17) is 26.3 Å².